The highest BCUT2D eigenvalue weighted by Gasteiger charge is 2.05. The standard InChI is InChI=1S/C10H13NO4/c1-8(2)9(13)4-6-15-10(14)3-5-11-7-12/h1,3-6H2,2H3. The summed E-state index contributed by atoms with van der Waals surface area (Å²) in [6.07, 6.45) is 1.48. The number of rotatable bonds is 7. The molecule has 0 rings (SSSR count). The molecular formula is C10H13NO4. The average Bonchev–Trinajstić information content (AvgIpc) is 2.18. The number of nitrogens with zero attached hydrogens (tertiary/aromatic N) is 1. The topological polar surface area (TPSA) is 72.8 Å². The van der Waals surface area contributed by atoms with E-state index >= 15 is 0 Å². The molecule has 82 valence electrons. The summed E-state index contributed by atoms with van der Waals surface area (Å²) in [7, 11) is 0. The summed E-state index contributed by atoms with van der Waals surface area (Å²) in [6.45, 7) is 5.17. The van der Waals surface area contributed by atoms with Gasteiger partial charge in [-0.05, 0) is 12.5 Å². The van der Waals surface area contributed by atoms with Gasteiger partial charge in [-0.15, -0.1) is 0 Å². The number of Topliss-reactive ketones (excluding diaryl/α,β-unsaturated/α-hetero) is 1. The lowest BCUT2D eigenvalue weighted by molar-refractivity contribution is -0.143. The van der Waals surface area contributed by atoms with E-state index in [0.29, 0.717) is 5.57 Å². The molecule has 5 heteroatoms. The minimum Gasteiger partial charge on any atom is -0.465 e. The molecule has 0 fully saturated rings. The van der Waals surface area contributed by atoms with Crippen LogP contribution in [0.1, 0.15) is 19.8 Å². The largest absolute Gasteiger partial charge is 0.465 e. The van der Waals surface area contributed by atoms with Crippen LogP contribution in [0, 0.1) is 0 Å². The number of ketones is 1. The molecule has 0 aliphatic carbocycles. The Morgan fingerprint density at radius 1 is 1.40 bits per heavy atom. The van der Waals surface area contributed by atoms with Crippen LogP contribution in [-0.2, 0) is 19.1 Å². The van der Waals surface area contributed by atoms with E-state index in [-0.39, 0.29) is 31.8 Å². The zero-order valence-corrected chi connectivity index (χ0v) is 8.62. The first kappa shape index (κ1) is 13.3. The Balaban J connectivity index is 3.59. The molecule has 0 radical (unpaired) electrons. The van der Waals surface area contributed by atoms with Crippen molar-refractivity contribution in [3.63, 3.8) is 0 Å². The molecule has 0 aromatic rings. The van der Waals surface area contributed by atoms with Crippen molar-refractivity contribution in [1.82, 2.24) is 0 Å². The molecule has 0 heterocycles. The van der Waals surface area contributed by atoms with Gasteiger partial charge in [0.2, 0.25) is 6.08 Å². The van der Waals surface area contributed by atoms with Gasteiger partial charge in [0.05, 0.1) is 19.6 Å². The smallest absolute Gasteiger partial charge is 0.307 e. The van der Waals surface area contributed by atoms with Crippen LogP contribution in [0.25, 0.3) is 0 Å². The maximum atomic E-state index is 11.0. The summed E-state index contributed by atoms with van der Waals surface area (Å²) in [5, 5.41) is 0. The first-order chi connectivity index (χ1) is 7.07. The summed E-state index contributed by atoms with van der Waals surface area (Å²) >= 11 is 0. The normalized spacial score (nSPS) is 8.87. The van der Waals surface area contributed by atoms with Gasteiger partial charge in [-0.1, -0.05) is 6.58 Å². The summed E-state index contributed by atoms with van der Waals surface area (Å²) in [4.78, 5) is 34.8. The lowest BCUT2D eigenvalue weighted by Gasteiger charge is -2.02. The van der Waals surface area contributed by atoms with Crippen molar-refractivity contribution in [2.75, 3.05) is 13.2 Å². The Labute approximate surface area is 87.8 Å². The zero-order chi connectivity index (χ0) is 11.7. The van der Waals surface area contributed by atoms with Crippen LogP contribution in [0.15, 0.2) is 17.1 Å². The Morgan fingerprint density at radius 2 is 2.07 bits per heavy atom. The van der Waals surface area contributed by atoms with E-state index in [1.807, 2.05) is 0 Å². The molecule has 0 bridgehead atoms. The Bertz CT molecular complexity index is 303. The Morgan fingerprint density at radius 3 is 2.60 bits per heavy atom. The maximum Gasteiger partial charge on any atom is 0.307 e. The van der Waals surface area contributed by atoms with E-state index < -0.39 is 5.97 Å². The minimum absolute atomic E-state index is 0.0243. The number of ether oxygens (including phenoxy) is 1. The molecule has 0 saturated carbocycles. The molecule has 0 spiro atoms. The number of hydrogen-bond acceptors (Lipinski definition) is 5. The fourth-order valence-electron chi connectivity index (χ4n) is 0.736. The van der Waals surface area contributed by atoms with Crippen molar-refractivity contribution in [3.8, 4) is 0 Å². The molecule has 5 nitrogen and oxygen atoms in total. The second kappa shape index (κ2) is 7.64. The number of carbonyl (C=O) groups excluding carboxylic acids is 3. The van der Waals surface area contributed by atoms with Crippen LogP contribution in [-0.4, -0.2) is 31.0 Å². The third-order valence-corrected chi connectivity index (χ3v) is 1.56. The fraction of sp³-hybridized carbons (Fsp3) is 0.500. The van der Waals surface area contributed by atoms with Crippen LogP contribution in [0.2, 0.25) is 0 Å². The highest BCUT2D eigenvalue weighted by Crippen LogP contribution is 1.96. The van der Waals surface area contributed by atoms with E-state index in [1.54, 1.807) is 6.92 Å². The number of isocyanates is 1. The molecule has 15 heavy (non-hydrogen) atoms. The van der Waals surface area contributed by atoms with E-state index in [4.69, 9.17) is 4.74 Å². The maximum absolute atomic E-state index is 11.0. The van der Waals surface area contributed by atoms with E-state index in [0.717, 1.165) is 0 Å². The van der Waals surface area contributed by atoms with Crippen molar-refractivity contribution < 1.29 is 19.1 Å². The van der Waals surface area contributed by atoms with Gasteiger partial charge in [-0.3, -0.25) is 9.59 Å². The third-order valence-electron chi connectivity index (χ3n) is 1.56. The van der Waals surface area contributed by atoms with Gasteiger partial charge in [0, 0.05) is 6.42 Å². The predicted molar refractivity (Wildman–Crippen MR) is 53.0 cm³/mol. The van der Waals surface area contributed by atoms with Gasteiger partial charge < -0.3 is 4.74 Å². The molecule has 0 amide bonds. The predicted octanol–water partition coefficient (Wildman–Crippen LogP) is 0.791. The molecule has 0 aliphatic rings. The van der Waals surface area contributed by atoms with Crippen LogP contribution >= 0.6 is 0 Å². The van der Waals surface area contributed by atoms with Crippen LogP contribution in [0.4, 0.5) is 0 Å². The first-order valence-corrected chi connectivity index (χ1v) is 4.46. The average molecular weight is 211 g/mol. The van der Waals surface area contributed by atoms with E-state index in [9.17, 15) is 14.4 Å². The van der Waals surface area contributed by atoms with Gasteiger partial charge in [0.25, 0.3) is 0 Å². The lowest BCUT2D eigenvalue weighted by atomic mass is 10.2. The van der Waals surface area contributed by atoms with Gasteiger partial charge in [0.15, 0.2) is 5.78 Å². The summed E-state index contributed by atoms with van der Waals surface area (Å²) in [5.74, 6) is -0.614. The summed E-state index contributed by atoms with van der Waals surface area (Å²) in [6, 6.07) is 0. The quantitative estimate of drug-likeness (QED) is 0.270. The highest BCUT2D eigenvalue weighted by atomic mass is 16.5. The SMILES string of the molecule is C=C(C)C(=O)CCOC(=O)CCN=C=O. The fourth-order valence-corrected chi connectivity index (χ4v) is 0.736. The molecule has 0 aliphatic heterocycles. The minimum atomic E-state index is -0.483. The monoisotopic (exact) mass is 211 g/mol. The Kier molecular flexibility index (Phi) is 6.76. The first-order valence-electron chi connectivity index (χ1n) is 4.46. The number of allylic oxidation sites excluding steroid dienone is 1. The van der Waals surface area contributed by atoms with Crippen molar-refractivity contribution in [1.29, 1.82) is 0 Å². The molecule has 0 N–H and O–H groups in total. The van der Waals surface area contributed by atoms with Gasteiger partial charge in [0.1, 0.15) is 0 Å². The molecule has 0 atom stereocenters. The second-order valence-electron chi connectivity index (χ2n) is 2.90. The number of hydrogen-bond donors (Lipinski definition) is 0. The van der Waals surface area contributed by atoms with Crippen molar-refractivity contribution in [2.45, 2.75) is 19.8 Å². The van der Waals surface area contributed by atoms with Crippen LogP contribution in [0.5, 0.6) is 0 Å². The van der Waals surface area contributed by atoms with Crippen LogP contribution in [0.3, 0.4) is 0 Å². The number of esters is 1. The van der Waals surface area contributed by atoms with Crippen molar-refractivity contribution in [2.24, 2.45) is 4.99 Å². The summed E-state index contributed by atoms with van der Waals surface area (Å²) in [5.41, 5.74) is 0.441. The van der Waals surface area contributed by atoms with Gasteiger partial charge in [-0.25, -0.2) is 9.79 Å². The number of aliphatic imine (C=N–C) groups is 1. The number of carbonyl (C=O) groups is 2. The zero-order valence-electron chi connectivity index (χ0n) is 8.62. The molecule has 0 saturated heterocycles. The molecular weight excluding hydrogens is 198 g/mol. The van der Waals surface area contributed by atoms with Gasteiger partial charge in [-0.2, -0.15) is 0 Å². The van der Waals surface area contributed by atoms with E-state index in [2.05, 4.69) is 11.6 Å². The third kappa shape index (κ3) is 7.34. The summed E-state index contributed by atoms with van der Waals surface area (Å²) < 4.78 is 4.72. The molecule has 0 aromatic carbocycles. The highest BCUT2D eigenvalue weighted by molar-refractivity contribution is 5.94. The molecule has 0 aromatic heterocycles. The Hall–Kier alpha value is -1.74. The van der Waals surface area contributed by atoms with E-state index in [1.165, 1.54) is 6.08 Å². The second-order valence-corrected chi connectivity index (χ2v) is 2.90. The van der Waals surface area contributed by atoms with Gasteiger partial charge >= 0.3 is 5.97 Å². The van der Waals surface area contributed by atoms with Crippen LogP contribution < -0.4 is 0 Å². The lowest BCUT2D eigenvalue weighted by Crippen LogP contribution is -2.10. The van der Waals surface area contributed by atoms with Crippen molar-refractivity contribution >= 4 is 17.8 Å². The van der Waals surface area contributed by atoms with Crippen molar-refractivity contribution in [3.05, 3.63) is 12.2 Å². The molecule has 0 unspecified atom stereocenters.